The standard InChI is InChI=1S/C21H37N5O3S.C17H29N5O2.C17H26N4O3.C15H22N4O3.C9H18N2O2.C6H6N2O2/c1-16-14-23-18(15-22-16)17(24-30(28)21(5,6)7)8-9-25-10-12-26(13-11-25)19(27)29-20(2,3)4;1-13-11-20-15(12-19-13)14(18)5-6-21-7-9-22(10-8-21)16(23)24-17(2,3)4;1-13-11-19-14(12-18-13)15(22)5-6-20-7-9-21(10-8-20)16(23)24-17(2,3)4;1-11-9-17-12(10-16-11)13(20)18-5-7-19(8-6-18)14(21)22-15(2,3)4;1-9(2,3)13-8(12)11-6-4-10-5-7-11;1-4-2-8-5(3-7-4)6(9)10/h14-15,17,24H,8-13H2,1-7H3;11-12,14H,5-10,18H2,1-4H3;11-12H,5-10H2,1-4H3;9-10H,5-8H2,1-4H3;10H,4-7H2,1-3H3;2-3H,1H3,(H,9,10)/t17?,30-;;;;;/m1...../s1. The van der Waals surface area contributed by atoms with Crippen molar-refractivity contribution < 1.29 is 71.4 Å². The Morgan fingerprint density at radius 1 is 0.382 bits per heavy atom. The van der Waals surface area contributed by atoms with Gasteiger partial charge in [-0.2, -0.15) is 0 Å². The Labute approximate surface area is 729 Å². The summed E-state index contributed by atoms with van der Waals surface area (Å²) in [5.74, 6) is -1.21. The third-order valence-corrected chi connectivity index (χ3v) is 20.0. The van der Waals surface area contributed by atoms with E-state index in [2.05, 4.69) is 74.6 Å². The number of piperazine rings is 5. The molecule has 5 N–H and O–H groups in total. The average molecular weight is 1740 g/mol. The number of aromatic carboxylic acids is 1. The van der Waals surface area contributed by atoms with Gasteiger partial charge in [0.1, 0.15) is 39.4 Å². The van der Waals surface area contributed by atoms with Gasteiger partial charge in [-0.15, -0.1) is 0 Å². The van der Waals surface area contributed by atoms with Crippen molar-refractivity contribution in [1.29, 1.82) is 0 Å². The molecular formula is C85H138N22O15S. The molecule has 5 aromatic rings. The number of hydrogen-bond acceptors (Lipinski definition) is 29. The van der Waals surface area contributed by atoms with E-state index in [9.17, 15) is 42.6 Å². The molecule has 5 fully saturated rings. The van der Waals surface area contributed by atoms with Gasteiger partial charge in [-0.1, -0.05) is 0 Å². The van der Waals surface area contributed by atoms with Crippen molar-refractivity contribution in [3.8, 4) is 0 Å². The van der Waals surface area contributed by atoms with E-state index in [1.807, 2.05) is 152 Å². The van der Waals surface area contributed by atoms with Crippen LogP contribution in [-0.4, -0.2) is 335 Å². The number of ether oxygens (including phenoxy) is 5. The number of aromatic nitrogens is 10. The number of Topliss-reactive ketones (excluding diaryl/α,β-unsaturated/α-hetero) is 1. The molecule has 684 valence electrons. The third-order valence-electron chi connectivity index (χ3n) is 18.4. The van der Waals surface area contributed by atoms with Gasteiger partial charge in [-0.25, -0.2) is 52.7 Å². The number of ketones is 1. The monoisotopic (exact) mass is 1740 g/mol. The van der Waals surface area contributed by atoms with E-state index in [1.54, 1.807) is 73.5 Å². The highest BCUT2D eigenvalue weighted by Gasteiger charge is 2.34. The molecule has 6 amide bonds. The van der Waals surface area contributed by atoms with Crippen molar-refractivity contribution in [3.05, 3.63) is 119 Å². The zero-order valence-corrected chi connectivity index (χ0v) is 77.8. The van der Waals surface area contributed by atoms with E-state index in [0.717, 1.165) is 126 Å². The molecule has 0 aliphatic carbocycles. The van der Waals surface area contributed by atoms with Crippen LogP contribution in [0.15, 0.2) is 62.0 Å². The lowest BCUT2D eigenvalue weighted by atomic mass is 10.1. The van der Waals surface area contributed by atoms with Crippen molar-refractivity contribution in [2.24, 2.45) is 5.73 Å². The second kappa shape index (κ2) is 48.5. The van der Waals surface area contributed by atoms with Gasteiger partial charge in [0, 0.05) is 194 Å². The molecule has 5 aliphatic rings. The van der Waals surface area contributed by atoms with Crippen molar-refractivity contribution in [3.63, 3.8) is 0 Å². The molecule has 3 atom stereocenters. The van der Waals surface area contributed by atoms with Crippen LogP contribution in [0.4, 0.5) is 24.0 Å². The van der Waals surface area contributed by atoms with Crippen LogP contribution in [0.1, 0.15) is 227 Å². The highest BCUT2D eigenvalue weighted by molar-refractivity contribution is 7.84. The lowest BCUT2D eigenvalue weighted by Crippen LogP contribution is -2.51. The normalized spacial score (nSPS) is 16.5. The Kier molecular flexibility index (Phi) is 40.9. The van der Waals surface area contributed by atoms with E-state index < -0.39 is 39.4 Å². The number of carbonyl (C=O) groups is 8. The largest absolute Gasteiger partial charge is 0.476 e. The van der Waals surface area contributed by atoms with E-state index in [0.29, 0.717) is 95.5 Å². The summed E-state index contributed by atoms with van der Waals surface area (Å²) in [4.78, 5) is 153. The molecule has 10 rings (SSSR count). The van der Waals surface area contributed by atoms with Crippen molar-refractivity contribution >= 4 is 59.1 Å². The zero-order chi connectivity index (χ0) is 91.8. The van der Waals surface area contributed by atoms with E-state index in [4.69, 9.17) is 34.5 Å². The van der Waals surface area contributed by atoms with Crippen LogP contribution in [0.25, 0.3) is 0 Å². The molecule has 5 saturated heterocycles. The minimum absolute atomic E-state index is 0.00271. The van der Waals surface area contributed by atoms with Gasteiger partial charge in [0.2, 0.25) is 0 Å². The molecule has 5 aliphatic heterocycles. The second-order valence-corrected chi connectivity index (χ2v) is 38.4. The van der Waals surface area contributed by atoms with Crippen LogP contribution in [0, 0.1) is 34.6 Å². The first-order valence-corrected chi connectivity index (χ1v) is 43.1. The summed E-state index contributed by atoms with van der Waals surface area (Å²) >= 11 is 0. The minimum Gasteiger partial charge on any atom is -0.476 e. The molecule has 38 heteroatoms. The number of hydrogen-bond donors (Lipinski definition) is 4. The Bertz CT molecular complexity index is 4120. The maximum atomic E-state index is 12.7. The van der Waals surface area contributed by atoms with Gasteiger partial charge >= 0.3 is 36.4 Å². The third kappa shape index (κ3) is 41.1. The average Bonchev–Trinajstić information content (AvgIpc) is 0.837. The number of rotatable bonds is 16. The Balaban J connectivity index is 0.000000269. The molecule has 0 spiro atoms. The van der Waals surface area contributed by atoms with Crippen LogP contribution < -0.4 is 15.8 Å². The summed E-state index contributed by atoms with van der Waals surface area (Å²) in [5, 5.41) is 11.6. The summed E-state index contributed by atoms with van der Waals surface area (Å²) in [7, 11) is -1.21. The SMILES string of the molecule is CC(C)(C)OC(=O)N1CCNCC1.Cc1cnc(C(=O)CCN2CCN(C(=O)OC(C)(C)C)CC2)cn1.Cc1cnc(C(=O)N2CCN(C(=O)OC(C)(C)C)CC2)cn1.Cc1cnc(C(=O)O)cn1.Cc1cnc(C(CCN2CCN(C(=O)OC(C)(C)C)CC2)N[S@](=O)C(C)(C)C)cn1.Cc1cnc(C(N)CCN2CCN(C(=O)OC(C)(C)C)CC2)cn1. The number of nitrogens with zero attached hydrogens (tertiary/aromatic N) is 19. The fraction of sp³-hybridized carbons (Fsp3) is 0.671. The number of nitrogens with two attached hydrogens (primary N) is 1. The van der Waals surface area contributed by atoms with Crippen molar-refractivity contribution in [2.75, 3.05) is 151 Å². The predicted molar refractivity (Wildman–Crippen MR) is 467 cm³/mol. The molecule has 0 radical (unpaired) electrons. The number of carboxylic acids is 1. The fourth-order valence-electron chi connectivity index (χ4n) is 11.7. The number of carboxylic acid groups (broad SMARTS) is 1. The van der Waals surface area contributed by atoms with Gasteiger partial charge in [0.25, 0.3) is 5.91 Å². The van der Waals surface area contributed by atoms with E-state index in [-0.39, 0.29) is 70.3 Å². The number of carbonyl (C=O) groups excluding carboxylic acids is 7. The first-order valence-electron chi connectivity index (χ1n) is 42.0. The van der Waals surface area contributed by atoms with E-state index in [1.165, 1.54) is 24.8 Å². The molecule has 123 heavy (non-hydrogen) atoms. The van der Waals surface area contributed by atoms with Crippen LogP contribution in [0.3, 0.4) is 0 Å². The lowest BCUT2D eigenvalue weighted by molar-refractivity contribution is 0.0133. The Hall–Kier alpha value is -9.73. The fourth-order valence-corrected chi connectivity index (χ4v) is 12.5. The Morgan fingerprint density at radius 3 is 0.992 bits per heavy atom. The summed E-state index contributed by atoms with van der Waals surface area (Å²) < 4.78 is 42.4. The highest BCUT2D eigenvalue weighted by atomic mass is 32.2. The van der Waals surface area contributed by atoms with Crippen LogP contribution >= 0.6 is 0 Å². The number of amides is 6. The second-order valence-electron chi connectivity index (χ2n) is 36.4. The first-order chi connectivity index (χ1) is 57.3. The van der Waals surface area contributed by atoms with Gasteiger partial charge in [0.05, 0.1) is 92.6 Å². The number of aryl methyl sites for hydroxylation is 5. The smallest absolute Gasteiger partial charge is 0.410 e. The Morgan fingerprint density at radius 2 is 0.675 bits per heavy atom. The van der Waals surface area contributed by atoms with Crippen molar-refractivity contribution in [1.82, 2.24) is 104 Å². The van der Waals surface area contributed by atoms with Crippen LogP contribution in [-0.2, 0) is 34.7 Å². The first kappa shape index (κ1) is 104. The zero-order valence-electron chi connectivity index (χ0n) is 77.0. The molecule has 5 aromatic heterocycles. The van der Waals surface area contributed by atoms with Crippen molar-refractivity contribution in [2.45, 2.75) is 223 Å². The topological polar surface area (TPSA) is 428 Å². The van der Waals surface area contributed by atoms with Crippen LogP contribution in [0.5, 0.6) is 0 Å². The lowest BCUT2D eigenvalue weighted by Gasteiger charge is -2.36. The van der Waals surface area contributed by atoms with Gasteiger partial charge in [-0.05, 0) is 172 Å². The summed E-state index contributed by atoms with van der Waals surface area (Å²) in [6.45, 7) is 59.2. The highest BCUT2D eigenvalue weighted by Crippen LogP contribution is 2.23. The molecule has 10 heterocycles. The quantitative estimate of drug-likeness (QED) is 0.0528. The molecule has 0 saturated carbocycles. The maximum absolute atomic E-state index is 12.7. The molecular weight excluding hydrogens is 1600 g/mol. The number of nitrogens with one attached hydrogen (secondary N) is 2. The molecule has 2 unspecified atom stereocenters. The molecule has 0 bridgehead atoms. The summed E-state index contributed by atoms with van der Waals surface area (Å²) in [6.07, 6.45) is 16.5. The molecule has 37 nitrogen and oxygen atoms in total. The van der Waals surface area contributed by atoms with Crippen LogP contribution in [0.2, 0.25) is 0 Å². The maximum Gasteiger partial charge on any atom is 0.410 e. The van der Waals surface area contributed by atoms with Gasteiger partial charge in [-0.3, -0.25) is 59.2 Å². The van der Waals surface area contributed by atoms with Gasteiger partial charge < -0.3 is 69.2 Å². The summed E-state index contributed by atoms with van der Waals surface area (Å²) in [5.41, 5.74) is 10.3. The summed E-state index contributed by atoms with van der Waals surface area (Å²) in [6, 6.07) is -0.260. The molecule has 0 aromatic carbocycles. The van der Waals surface area contributed by atoms with E-state index >= 15 is 0 Å². The minimum atomic E-state index is -1.21. The van der Waals surface area contributed by atoms with Gasteiger partial charge in [0.15, 0.2) is 11.5 Å². The predicted octanol–water partition coefficient (Wildman–Crippen LogP) is 9.25.